The second-order valence-electron chi connectivity index (χ2n) is 4.45. The second kappa shape index (κ2) is 4.47. The molecule has 3 nitrogen and oxygen atoms in total. The van der Waals surface area contributed by atoms with Gasteiger partial charge in [-0.1, -0.05) is 49.4 Å². The van der Waals surface area contributed by atoms with Gasteiger partial charge in [0.15, 0.2) is 0 Å². The summed E-state index contributed by atoms with van der Waals surface area (Å²) in [4.78, 5) is 0. The Kier molecular flexibility index (Phi) is 3.04. The highest BCUT2D eigenvalue weighted by molar-refractivity contribution is 5.27. The van der Waals surface area contributed by atoms with Crippen LogP contribution in [0.25, 0.3) is 0 Å². The normalized spacial score (nSPS) is 13.0. The zero-order valence-corrected chi connectivity index (χ0v) is 9.96. The van der Waals surface area contributed by atoms with E-state index in [4.69, 9.17) is 0 Å². The lowest BCUT2D eigenvalue weighted by molar-refractivity contribution is 0.551. The molecule has 0 saturated carbocycles. The number of benzene rings is 1. The third-order valence-electron chi connectivity index (χ3n) is 2.76. The van der Waals surface area contributed by atoms with Crippen molar-refractivity contribution in [3.05, 3.63) is 47.8 Å². The minimum absolute atomic E-state index is 0.329. The lowest BCUT2D eigenvalue weighted by Gasteiger charge is -2.18. The maximum atomic E-state index is 4.23. The van der Waals surface area contributed by atoms with Crippen LogP contribution in [-0.2, 0) is 7.05 Å². The fourth-order valence-electron chi connectivity index (χ4n) is 2.07. The van der Waals surface area contributed by atoms with E-state index in [1.165, 1.54) is 5.56 Å². The highest BCUT2D eigenvalue weighted by Gasteiger charge is 2.20. The van der Waals surface area contributed by atoms with Crippen molar-refractivity contribution in [2.75, 3.05) is 0 Å². The summed E-state index contributed by atoms with van der Waals surface area (Å²) in [6.07, 6.45) is 2.00. The summed E-state index contributed by atoms with van der Waals surface area (Å²) >= 11 is 0. The van der Waals surface area contributed by atoms with Crippen molar-refractivity contribution in [1.82, 2.24) is 15.0 Å². The predicted molar refractivity (Wildman–Crippen MR) is 64.1 cm³/mol. The molecule has 0 N–H and O–H groups in total. The third kappa shape index (κ3) is 2.13. The molecule has 0 aliphatic rings. The summed E-state index contributed by atoms with van der Waals surface area (Å²) in [6, 6.07) is 10.5. The maximum absolute atomic E-state index is 4.23. The monoisotopic (exact) mass is 215 g/mol. The number of nitrogens with zero attached hydrogens (tertiary/aromatic N) is 3. The Hall–Kier alpha value is -1.64. The van der Waals surface area contributed by atoms with Gasteiger partial charge < -0.3 is 0 Å². The Morgan fingerprint density at radius 3 is 2.31 bits per heavy atom. The molecule has 1 aromatic carbocycles. The molecule has 0 amide bonds. The van der Waals surface area contributed by atoms with E-state index in [0.29, 0.717) is 11.8 Å². The molecule has 3 heteroatoms. The van der Waals surface area contributed by atoms with Gasteiger partial charge >= 0.3 is 0 Å². The van der Waals surface area contributed by atoms with Gasteiger partial charge in [-0.15, -0.1) is 5.10 Å². The van der Waals surface area contributed by atoms with Gasteiger partial charge in [0.25, 0.3) is 0 Å². The van der Waals surface area contributed by atoms with Crippen LogP contribution >= 0.6 is 0 Å². The molecule has 1 heterocycles. The smallest absolute Gasteiger partial charge is 0.0904 e. The van der Waals surface area contributed by atoms with E-state index in [1.807, 2.05) is 19.3 Å². The quantitative estimate of drug-likeness (QED) is 0.788. The van der Waals surface area contributed by atoms with Crippen molar-refractivity contribution in [3.8, 4) is 0 Å². The molecule has 0 aliphatic heterocycles. The first-order valence-corrected chi connectivity index (χ1v) is 5.59. The van der Waals surface area contributed by atoms with E-state index >= 15 is 0 Å². The van der Waals surface area contributed by atoms with Crippen LogP contribution in [0.15, 0.2) is 36.5 Å². The van der Waals surface area contributed by atoms with Crippen molar-refractivity contribution in [3.63, 3.8) is 0 Å². The van der Waals surface area contributed by atoms with Gasteiger partial charge in [0.1, 0.15) is 0 Å². The average molecular weight is 215 g/mol. The lowest BCUT2D eigenvalue weighted by atomic mass is 9.86. The number of aryl methyl sites for hydroxylation is 1. The van der Waals surface area contributed by atoms with E-state index in [-0.39, 0.29) is 0 Å². The average Bonchev–Trinajstić information content (AvgIpc) is 2.66. The minimum atomic E-state index is 0.329. The van der Waals surface area contributed by atoms with E-state index in [9.17, 15) is 0 Å². The molecule has 0 fully saturated rings. The first kappa shape index (κ1) is 10.9. The van der Waals surface area contributed by atoms with Gasteiger partial charge in [0.05, 0.1) is 5.69 Å². The van der Waals surface area contributed by atoms with Gasteiger partial charge in [-0.3, -0.25) is 4.68 Å². The summed E-state index contributed by atoms with van der Waals surface area (Å²) in [5.41, 5.74) is 2.35. The van der Waals surface area contributed by atoms with Crippen LogP contribution in [0.3, 0.4) is 0 Å². The molecule has 1 unspecified atom stereocenters. The van der Waals surface area contributed by atoms with Crippen LogP contribution in [0.5, 0.6) is 0 Å². The Bertz CT molecular complexity index is 445. The Morgan fingerprint density at radius 2 is 1.81 bits per heavy atom. The predicted octanol–water partition coefficient (Wildman–Crippen LogP) is 2.60. The SMILES string of the molecule is CC(C)C(c1ccccc1)c1cn(C)nn1. The highest BCUT2D eigenvalue weighted by Crippen LogP contribution is 2.29. The molecule has 1 atom stereocenters. The molecule has 16 heavy (non-hydrogen) atoms. The van der Waals surface area contributed by atoms with Gasteiger partial charge in [0.2, 0.25) is 0 Å². The first-order valence-electron chi connectivity index (χ1n) is 5.59. The van der Waals surface area contributed by atoms with E-state index in [0.717, 1.165) is 5.69 Å². The summed E-state index contributed by atoms with van der Waals surface area (Å²) in [7, 11) is 1.90. The van der Waals surface area contributed by atoms with Gasteiger partial charge in [-0.2, -0.15) is 0 Å². The molecular weight excluding hydrogens is 198 g/mol. The number of hydrogen-bond acceptors (Lipinski definition) is 2. The molecule has 2 aromatic rings. The first-order chi connectivity index (χ1) is 7.68. The Balaban J connectivity index is 2.39. The number of rotatable bonds is 3. The second-order valence-corrected chi connectivity index (χ2v) is 4.45. The van der Waals surface area contributed by atoms with Crippen molar-refractivity contribution in [2.24, 2.45) is 13.0 Å². The molecular formula is C13H17N3. The van der Waals surface area contributed by atoms with Crippen LogP contribution in [0.4, 0.5) is 0 Å². The number of hydrogen-bond donors (Lipinski definition) is 0. The van der Waals surface area contributed by atoms with Crippen molar-refractivity contribution >= 4 is 0 Å². The van der Waals surface area contributed by atoms with Crippen molar-refractivity contribution in [1.29, 1.82) is 0 Å². The largest absolute Gasteiger partial charge is 0.255 e. The fourth-order valence-corrected chi connectivity index (χ4v) is 2.07. The van der Waals surface area contributed by atoms with Crippen molar-refractivity contribution in [2.45, 2.75) is 19.8 Å². The van der Waals surface area contributed by atoms with Gasteiger partial charge in [0, 0.05) is 19.2 Å². The number of aromatic nitrogens is 3. The Labute approximate surface area is 96.1 Å². The minimum Gasteiger partial charge on any atom is -0.255 e. The fraction of sp³-hybridized carbons (Fsp3) is 0.385. The molecule has 0 saturated heterocycles. The highest BCUT2D eigenvalue weighted by atomic mass is 15.4. The molecule has 1 aromatic heterocycles. The Morgan fingerprint density at radius 1 is 1.12 bits per heavy atom. The zero-order valence-electron chi connectivity index (χ0n) is 9.96. The van der Waals surface area contributed by atoms with Gasteiger partial charge in [-0.25, -0.2) is 0 Å². The summed E-state index contributed by atoms with van der Waals surface area (Å²) < 4.78 is 1.76. The zero-order chi connectivity index (χ0) is 11.5. The molecule has 0 spiro atoms. The molecule has 0 bridgehead atoms. The van der Waals surface area contributed by atoms with Crippen LogP contribution in [0.1, 0.15) is 31.0 Å². The van der Waals surface area contributed by atoms with Crippen LogP contribution in [-0.4, -0.2) is 15.0 Å². The summed E-state index contributed by atoms with van der Waals surface area (Å²) in [5, 5.41) is 8.24. The van der Waals surface area contributed by atoms with Crippen molar-refractivity contribution < 1.29 is 0 Å². The molecule has 0 aliphatic carbocycles. The van der Waals surface area contributed by atoms with E-state index < -0.39 is 0 Å². The topological polar surface area (TPSA) is 30.7 Å². The third-order valence-corrected chi connectivity index (χ3v) is 2.76. The van der Waals surface area contributed by atoms with E-state index in [2.05, 4.69) is 48.4 Å². The maximum Gasteiger partial charge on any atom is 0.0904 e. The lowest BCUT2D eigenvalue weighted by Crippen LogP contribution is -2.09. The van der Waals surface area contributed by atoms with E-state index in [1.54, 1.807) is 4.68 Å². The summed E-state index contributed by atoms with van der Waals surface area (Å²) in [6.45, 7) is 4.43. The van der Waals surface area contributed by atoms with Gasteiger partial charge in [-0.05, 0) is 11.5 Å². The molecule has 0 radical (unpaired) electrons. The van der Waals surface area contributed by atoms with Crippen LogP contribution in [0, 0.1) is 5.92 Å². The van der Waals surface area contributed by atoms with Crippen LogP contribution < -0.4 is 0 Å². The van der Waals surface area contributed by atoms with Crippen LogP contribution in [0.2, 0.25) is 0 Å². The molecule has 2 rings (SSSR count). The molecule has 84 valence electrons. The standard InChI is InChI=1S/C13H17N3/c1-10(2)13(11-7-5-4-6-8-11)12-9-16(3)15-14-12/h4-10,13H,1-3H3. The summed E-state index contributed by atoms with van der Waals surface area (Å²) in [5.74, 6) is 0.842.